The molecule has 102 valence electrons. The first-order valence-electron chi connectivity index (χ1n) is 5.53. The first-order valence-corrected chi connectivity index (χ1v) is 6.68. The number of nitrogens with zero attached hydrogens (tertiary/aromatic N) is 1. The molecule has 0 aliphatic rings. The molecule has 0 aliphatic carbocycles. The van der Waals surface area contributed by atoms with Crippen LogP contribution in [-0.4, -0.2) is 18.1 Å². The van der Waals surface area contributed by atoms with Gasteiger partial charge in [0.05, 0.1) is 16.8 Å². The SMILES string of the molecule is C=CCSCCNc1ccc(C(F)(F)F)cc1C#N. The maximum Gasteiger partial charge on any atom is 0.416 e. The predicted molar refractivity (Wildman–Crippen MR) is 72.2 cm³/mol. The third-order valence-corrected chi connectivity index (χ3v) is 3.23. The van der Waals surface area contributed by atoms with Crippen LogP contribution in [-0.2, 0) is 6.18 Å². The van der Waals surface area contributed by atoms with Crippen molar-refractivity contribution in [2.75, 3.05) is 23.4 Å². The fourth-order valence-corrected chi connectivity index (χ4v) is 1.97. The smallest absolute Gasteiger partial charge is 0.383 e. The summed E-state index contributed by atoms with van der Waals surface area (Å²) in [5.41, 5.74) is -0.381. The van der Waals surface area contributed by atoms with E-state index >= 15 is 0 Å². The van der Waals surface area contributed by atoms with Crippen molar-refractivity contribution in [3.63, 3.8) is 0 Å². The van der Waals surface area contributed by atoms with Crippen LogP contribution in [0.1, 0.15) is 11.1 Å². The molecule has 0 fully saturated rings. The molecule has 0 spiro atoms. The van der Waals surface area contributed by atoms with Crippen LogP contribution < -0.4 is 5.32 Å². The topological polar surface area (TPSA) is 35.8 Å². The van der Waals surface area contributed by atoms with Crippen molar-refractivity contribution in [1.29, 1.82) is 5.26 Å². The molecule has 0 bridgehead atoms. The molecule has 2 nitrogen and oxygen atoms in total. The van der Waals surface area contributed by atoms with Crippen molar-refractivity contribution < 1.29 is 13.2 Å². The van der Waals surface area contributed by atoms with Gasteiger partial charge >= 0.3 is 6.18 Å². The van der Waals surface area contributed by atoms with Crippen LogP contribution in [0, 0.1) is 11.3 Å². The van der Waals surface area contributed by atoms with Gasteiger partial charge in [-0.05, 0) is 18.2 Å². The molecule has 0 atom stereocenters. The van der Waals surface area contributed by atoms with Crippen molar-refractivity contribution in [2.24, 2.45) is 0 Å². The van der Waals surface area contributed by atoms with E-state index in [9.17, 15) is 13.2 Å². The van der Waals surface area contributed by atoms with Gasteiger partial charge in [0.1, 0.15) is 6.07 Å². The quantitative estimate of drug-likeness (QED) is 0.636. The van der Waals surface area contributed by atoms with E-state index in [0.29, 0.717) is 12.2 Å². The Labute approximate surface area is 114 Å². The lowest BCUT2D eigenvalue weighted by atomic mass is 10.1. The number of rotatable bonds is 6. The molecule has 0 saturated carbocycles. The summed E-state index contributed by atoms with van der Waals surface area (Å²) >= 11 is 1.65. The Bertz CT molecular complexity index is 478. The summed E-state index contributed by atoms with van der Waals surface area (Å²) in [6.07, 6.45) is -2.65. The highest BCUT2D eigenvalue weighted by molar-refractivity contribution is 7.99. The third-order valence-electron chi connectivity index (χ3n) is 2.26. The lowest BCUT2D eigenvalue weighted by molar-refractivity contribution is -0.137. The number of thioether (sulfide) groups is 1. The predicted octanol–water partition coefficient (Wildman–Crippen LogP) is 3.91. The standard InChI is InChI=1S/C13H13F3N2S/c1-2-6-19-7-5-18-12-4-3-11(13(14,15)16)8-10(12)9-17/h2-4,8,18H,1,5-7H2. The van der Waals surface area contributed by atoms with E-state index in [0.717, 1.165) is 23.6 Å². The second-order valence-electron chi connectivity index (χ2n) is 3.66. The van der Waals surface area contributed by atoms with Crippen LogP contribution >= 0.6 is 11.8 Å². The molecule has 0 aliphatic heterocycles. The Morgan fingerprint density at radius 3 is 2.74 bits per heavy atom. The number of alkyl halides is 3. The minimum Gasteiger partial charge on any atom is -0.383 e. The summed E-state index contributed by atoms with van der Waals surface area (Å²) in [5, 5.41) is 11.8. The van der Waals surface area contributed by atoms with E-state index in [-0.39, 0.29) is 5.56 Å². The number of nitrogens with one attached hydrogen (secondary N) is 1. The van der Waals surface area contributed by atoms with Crippen molar-refractivity contribution >= 4 is 17.4 Å². The summed E-state index contributed by atoms with van der Waals surface area (Å²) < 4.78 is 37.5. The van der Waals surface area contributed by atoms with E-state index < -0.39 is 11.7 Å². The summed E-state index contributed by atoms with van der Waals surface area (Å²) in [6.45, 7) is 4.17. The number of hydrogen-bond acceptors (Lipinski definition) is 3. The first kappa shape index (κ1) is 15.4. The average Bonchev–Trinajstić information content (AvgIpc) is 2.37. The van der Waals surface area contributed by atoms with Gasteiger partial charge in [0.15, 0.2) is 0 Å². The number of anilines is 1. The van der Waals surface area contributed by atoms with Crippen molar-refractivity contribution in [3.8, 4) is 6.07 Å². The Kier molecular flexibility index (Phi) is 5.77. The lowest BCUT2D eigenvalue weighted by Gasteiger charge is -2.11. The maximum atomic E-state index is 12.5. The Hall–Kier alpha value is -1.61. The zero-order chi connectivity index (χ0) is 14.3. The highest BCUT2D eigenvalue weighted by Gasteiger charge is 2.30. The fraction of sp³-hybridized carbons (Fsp3) is 0.308. The summed E-state index contributed by atoms with van der Waals surface area (Å²) in [5.74, 6) is 1.61. The van der Waals surface area contributed by atoms with E-state index in [1.54, 1.807) is 23.9 Å². The van der Waals surface area contributed by atoms with Gasteiger partial charge in [0.2, 0.25) is 0 Å². The number of nitriles is 1. The fourth-order valence-electron chi connectivity index (χ4n) is 1.39. The second kappa shape index (κ2) is 7.10. The van der Waals surface area contributed by atoms with Crippen molar-refractivity contribution in [3.05, 3.63) is 42.0 Å². The molecule has 0 radical (unpaired) electrons. The van der Waals surface area contributed by atoms with E-state index in [2.05, 4.69) is 11.9 Å². The zero-order valence-corrected chi connectivity index (χ0v) is 10.9. The lowest BCUT2D eigenvalue weighted by Crippen LogP contribution is -2.09. The molecule has 6 heteroatoms. The number of hydrogen-bond donors (Lipinski definition) is 1. The molecule has 0 saturated heterocycles. The summed E-state index contributed by atoms with van der Waals surface area (Å²) in [4.78, 5) is 0. The number of benzene rings is 1. The Morgan fingerprint density at radius 1 is 1.42 bits per heavy atom. The molecule has 0 aromatic heterocycles. The molecule has 1 rings (SSSR count). The molecule has 0 unspecified atom stereocenters. The molecule has 1 aromatic rings. The van der Waals surface area contributed by atoms with Crippen LogP contribution in [0.25, 0.3) is 0 Å². The highest BCUT2D eigenvalue weighted by atomic mass is 32.2. The average molecular weight is 286 g/mol. The van der Waals surface area contributed by atoms with E-state index in [1.807, 2.05) is 0 Å². The normalized spacial score (nSPS) is 10.8. The van der Waals surface area contributed by atoms with Crippen LogP contribution in [0.15, 0.2) is 30.9 Å². The molecule has 0 heterocycles. The number of halogens is 3. The molecular formula is C13H13F3N2S. The highest BCUT2D eigenvalue weighted by Crippen LogP contribution is 2.31. The summed E-state index contributed by atoms with van der Waals surface area (Å²) in [7, 11) is 0. The van der Waals surface area contributed by atoms with Crippen molar-refractivity contribution in [2.45, 2.75) is 6.18 Å². The van der Waals surface area contributed by atoms with Crippen LogP contribution in [0.3, 0.4) is 0 Å². The van der Waals surface area contributed by atoms with Crippen LogP contribution in [0.2, 0.25) is 0 Å². The van der Waals surface area contributed by atoms with Gasteiger partial charge in [-0.1, -0.05) is 6.08 Å². The molecule has 1 N–H and O–H groups in total. The van der Waals surface area contributed by atoms with Gasteiger partial charge in [0.25, 0.3) is 0 Å². The largest absolute Gasteiger partial charge is 0.416 e. The maximum absolute atomic E-state index is 12.5. The Morgan fingerprint density at radius 2 is 2.16 bits per heavy atom. The van der Waals surface area contributed by atoms with E-state index in [4.69, 9.17) is 5.26 Å². The zero-order valence-electron chi connectivity index (χ0n) is 10.1. The second-order valence-corrected chi connectivity index (χ2v) is 4.81. The van der Waals surface area contributed by atoms with Gasteiger partial charge < -0.3 is 5.32 Å². The van der Waals surface area contributed by atoms with Gasteiger partial charge in [-0.15, -0.1) is 6.58 Å². The Balaban J connectivity index is 2.69. The monoisotopic (exact) mass is 286 g/mol. The third kappa shape index (κ3) is 4.87. The summed E-state index contributed by atoms with van der Waals surface area (Å²) in [6, 6.07) is 4.90. The molecule has 19 heavy (non-hydrogen) atoms. The minimum atomic E-state index is -4.43. The van der Waals surface area contributed by atoms with Gasteiger partial charge in [-0.2, -0.15) is 30.2 Å². The van der Waals surface area contributed by atoms with E-state index in [1.165, 1.54) is 6.07 Å². The van der Waals surface area contributed by atoms with Crippen LogP contribution in [0.4, 0.5) is 18.9 Å². The van der Waals surface area contributed by atoms with Gasteiger partial charge in [-0.3, -0.25) is 0 Å². The van der Waals surface area contributed by atoms with Crippen LogP contribution in [0.5, 0.6) is 0 Å². The minimum absolute atomic E-state index is 0.00328. The molecule has 1 aromatic carbocycles. The molecular weight excluding hydrogens is 273 g/mol. The van der Waals surface area contributed by atoms with Crippen molar-refractivity contribution in [1.82, 2.24) is 0 Å². The first-order chi connectivity index (χ1) is 8.99. The van der Waals surface area contributed by atoms with Gasteiger partial charge in [-0.25, -0.2) is 0 Å². The van der Waals surface area contributed by atoms with Gasteiger partial charge in [0, 0.05) is 18.1 Å². The molecule has 0 amide bonds.